The lowest BCUT2D eigenvalue weighted by atomic mass is 9.82. The van der Waals surface area contributed by atoms with E-state index in [0.717, 1.165) is 53.2 Å². The van der Waals surface area contributed by atoms with E-state index in [0.29, 0.717) is 30.3 Å². The highest BCUT2D eigenvalue weighted by atomic mass is 32.2. The lowest BCUT2D eigenvalue weighted by Gasteiger charge is -2.36. The molecule has 0 saturated carbocycles. The molecule has 2 aliphatic heterocycles. The molecule has 0 aliphatic carbocycles. The zero-order valence-corrected chi connectivity index (χ0v) is 20.9. The van der Waals surface area contributed by atoms with Gasteiger partial charge in [0.2, 0.25) is 5.88 Å². The van der Waals surface area contributed by atoms with E-state index in [1.54, 1.807) is 0 Å². The van der Waals surface area contributed by atoms with Crippen LogP contribution >= 0.6 is 0 Å². The largest absolute Gasteiger partial charge is 0.588 e. The van der Waals surface area contributed by atoms with Gasteiger partial charge in [0.05, 0.1) is 12.3 Å². The van der Waals surface area contributed by atoms with Gasteiger partial charge < -0.3 is 14.2 Å². The van der Waals surface area contributed by atoms with Gasteiger partial charge in [-0.2, -0.15) is 9.71 Å². The second-order valence-corrected chi connectivity index (χ2v) is 10.8. The minimum Gasteiger partial charge on any atom is -0.588 e. The summed E-state index contributed by atoms with van der Waals surface area (Å²) < 4.78 is 22.5. The minimum absolute atomic E-state index is 0.313. The number of aryl methyl sites for hydroxylation is 3. The molecule has 7 heteroatoms. The van der Waals surface area contributed by atoms with Gasteiger partial charge in [0.1, 0.15) is 11.4 Å². The summed E-state index contributed by atoms with van der Waals surface area (Å²) in [4.78, 5) is 12.5. The lowest BCUT2D eigenvalue weighted by molar-refractivity contribution is 0.0899. The maximum absolute atomic E-state index is 13.2. The number of nitrogens with zero attached hydrogens (tertiary/aromatic N) is 3. The molecule has 3 aromatic rings. The van der Waals surface area contributed by atoms with Crippen molar-refractivity contribution in [2.75, 3.05) is 31.5 Å². The van der Waals surface area contributed by atoms with Crippen LogP contribution in [0.5, 0.6) is 5.88 Å². The molecule has 1 aromatic heterocycles. The Labute approximate surface area is 205 Å². The third kappa shape index (κ3) is 5.06. The zero-order chi connectivity index (χ0) is 23.7. The second-order valence-electron chi connectivity index (χ2n) is 9.62. The third-order valence-corrected chi connectivity index (χ3v) is 8.13. The summed E-state index contributed by atoms with van der Waals surface area (Å²) in [5.41, 5.74) is 5.31. The van der Waals surface area contributed by atoms with Gasteiger partial charge in [-0.05, 0) is 81.4 Å². The molecule has 1 N–H and O–H groups in total. The fraction of sp³-hybridized carbons (Fsp3) is 0.407. The summed E-state index contributed by atoms with van der Waals surface area (Å²) in [6.45, 7) is 6.91. The molecule has 1 saturated heterocycles. The Morgan fingerprint density at radius 3 is 2.65 bits per heavy atom. The molecule has 1 fully saturated rings. The lowest BCUT2D eigenvalue weighted by Crippen LogP contribution is -2.41. The van der Waals surface area contributed by atoms with E-state index in [1.165, 1.54) is 12.0 Å². The Bertz CT molecular complexity index is 1150. The number of anilines is 1. The van der Waals surface area contributed by atoms with Crippen LogP contribution in [0.2, 0.25) is 0 Å². The SMILES string of the molecule is Cc1cccc(C)c1-c1cc2nc(n1)N[S+]([O-])c1cccc(c1)CCC1CCN(C)C[C@@H]1CO2. The predicted octanol–water partition coefficient (Wildman–Crippen LogP) is 4.79. The first-order valence-electron chi connectivity index (χ1n) is 12.0. The molecule has 0 radical (unpaired) electrons. The number of hydrogen-bond acceptors (Lipinski definition) is 6. The summed E-state index contributed by atoms with van der Waals surface area (Å²) in [6.07, 6.45) is 3.25. The number of hydrogen-bond donors (Lipinski definition) is 1. The Morgan fingerprint density at radius 1 is 1.03 bits per heavy atom. The van der Waals surface area contributed by atoms with E-state index in [2.05, 4.69) is 53.7 Å². The predicted molar refractivity (Wildman–Crippen MR) is 136 cm³/mol. The number of rotatable bonds is 1. The van der Waals surface area contributed by atoms with Gasteiger partial charge in [0, 0.05) is 24.1 Å². The van der Waals surface area contributed by atoms with E-state index >= 15 is 0 Å². The van der Waals surface area contributed by atoms with Crippen molar-refractivity contribution in [2.45, 2.75) is 38.0 Å². The number of piperidine rings is 1. The van der Waals surface area contributed by atoms with Crippen LogP contribution in [0.15, 0.2) is 53.4 Å². The van der Waals surface area contributed by atoms with Gasteiger partial charge in [-0.3, -0.25) is 0 Å². The standard InChI is InChI=1S/C27H32N4O2S/c1-18-6-4-7-19(2)26(18)24-15-25-29-27(28-24)30-34(32)23-9-5-8-20(14-23)10-11-21-12-13-31(3)16-22(21)17-33-25/h4-9,14-15,21-22H,10-13,16-17H2,1-3H3,(H,28,29,30)/t21?,22-,34?/m1/s1. The highest BCUT2D eigenvalue weighted by Crippen LogP contribution is 2.32. The van der Waals surface area contributed by atoms with Gasteiger partial charge in [0.25, 0.3) is 5.95 Å². The number of nitrogens with one attached hydrogen (secondary N) is 1. The van der Waals surface area contributed by atoms with E-state index in [9.17, 15) is 4.55 Å². The molecule has 4 bridgehead atoms. The zero-order valence-electron chi connectivity index (χ0n) is 20.1. The van der Waals surface area contributed by atoms with Crippen LogP contribution in [0.1, 0.15) is 29.5 Å². The molecule has 5 rings (SSSR count). The summed E-state index contributed by atoms with van der Waals surface area (Å²) in [5.74, 6) is 1.86. The van der Waals surface area contributed by atoms with Crippen LogP contribution in [-0.2, 0) is 17.8 Å². The molecule has 3 heterocycles. The molecule has 2 unspecified atom stereocenters. The smallest absolute Gasteiger partial charge is 0.269 e. The average Bonchev–Trinajstić information content (AvgIpc) is 2.81. The summed E-state index contributed by atoms with van der Waals surface area (Å²) in [7, 11) is 2.19. The van der Waals surface area contributed by atoms with Gasteiger partial charge in [-0.1, -0.05) is 30.3 Å². The Morgan fingerprint density at radius 2 is 1.82 bits per heavy atom. The molecule has 2 aromatic carbocycles. The van der Waals surface area contributed by atoms with Crippen LogP contribution in [0.3, 0.4) is 0 Å². The van der Waals surface area contributed by atoms with Crippen LogP contribution in [-0.4, -0.2) is 46.2 Å². The minimum atomic E-state index is -1.47. The molecule has 2 aliphatic rings. The highest BCUT2D eigenvalue weighted by molar-refractivity contribution is 7.92. The molecule has 0 spiro atoms. The van der Waals surface area contributed by atoms with Gasteiger partial charge in [-0.15, -0.1) is 0 Å². The molecule has 34 heavy (non-hydrogen) atoms. The van der Waals surface area contributed by atoms with E-state index < -0.39 is 11.4 Å². The summed E-state index contributed by atoms with van der Waals surface area (Å²) >= 11 is -1.47. The normalized spacial score (nSPS) is 23.2. The molecule has 6 nitrogen and oxygen atoms in total. The maximum atomic E-state index is 13.2. The fourth-order valence-electron chi connectivity index (χ4n) is 5.23. The molecular formula is C27H32N4O2S. The molecular weight excluding hydrogens is 444 g/mol. The van der Waals surface area contributed by atoms with Crippen molar-refractivity contribution < 1.29 is 9.29 Å². The maximum Gasteiger partial charge on any atom is 0.269 e. The van der Waals surface area contributed by atoms with Crippen molar-refractivity contribution in [3.63, 3.8) is 0 Å². The first kappa shape index (κ1) is 23.1. The number of likely N-dealkylation sites (tertiary alicyclic amines) is 1. The number of aromatic nitrogens is 2. The van der Waals surface area contributed by atoms with Crippen LogP contribution < -0.4 is 9.46 Å². The summed E-state index contributed by atoms with van der Waals surface area (Å²) in [5, 5.41) is 0. The van der Waals surface area contributed by atoms with Crippen molar-refractivity contribution in [1.82, 2.24) is 14.9 Å². The van der Waals surface area contributed by atoms with Gasteiger partial charge >= 0.3 is 0 Å². The van der Waals surface area contributed by atoms with Crippen molar-refractivity contribution in [3.8, 4) is 17.1 Å². The third-order valence-electron chi connectivity index (χ3n) is 7.08. The first-order chi connectivity index (χ1) is 16.5. The first-order valence-corrected chi connectivity index (χ1v) is 13.2. The monoisotopic (exact) mass is 476 g/mol. The molecule has 178 valence electrons. The number of benzene rings is 2. The molecule has 3 atom stereocenters. The van der Waals surface area contributed by atoms with Crippen molar-refractivity contribution in [2.24, 2.45) is 11.8 Å². The van der Waals surface area contributed by atoms with Crippen LogP contribution in [0.25, 0.3) is 11.3 Å². The van der Waals surface area contributed by atoms with Crippen molar-refractivity contribution >= 4 is 17.3 Å². The number of ether oxygens (including phenoxy) is 1. The number of fused-ring (bicyclic) bond motifs is 5. The Kier molecular flexibility index (Phi) is 6.77. The van der Waals surface area contributed by atoms with Gasteiger partial charge in [-0.25, -0.2) is 4.98 Å². The highest BCUT2D eigenvalue weighted by Gasteiger charge is 2.29. The Balaban J connectivity index is 1.56. The average molecular weight is 477 g/mol. The summed E-state index contributed by atoms with van der Waals surface area (Å²) in [6, 6.07) is 16.2. The topological polar surface area (TPSA) is 73.3 Å². The van der Waals surface area contributed by atoms with Crippen LogP contribution in [0.4, 0.5) is 5.95 Å². The van der Waals surface area contributed by atoms with E-state index in [-0.39, 0.29) is 0 Å². The van der Waals surface area contributed by atoms with Crippen molar-refractivity contribution in [3.05, 3.63) is 65.2 Å². The second kappa shape index (κ2) is 9.94. The fourth-order valence-corrected chi connectivity index (χ4v) is 6.06. The van der Waals surface area contributed by atoms with E-state index in [4.69, 9.17) is 9.72 Å². The van der Waals surface area contributed by atoms with Gasteiger partial charge in [0.15, 0.2) is 4.90 Å². The van der Waals surface area contributed by atoms with Crippen molar-refractivity contribution in [1.29, 1.82) is 0 Å². The molecule has 0 amide bonds. The van der Waals surface area contributed by atoms with Crippen LogP contribution in [0, 0.1) is 25.7 Å². The Hall–Kier alpha value is -2.61. The van der Waals surface area contributed by atoms with E-state index in [1.807, 2.05) is 30.3 Å². The quantitative estimate of drug-likeness (QED) is 0.509.